The van der Waals surface area contributed by atoms with E-state index in [0.717, 1.165) is 6.92 Å². The minimum absolute atomic E-state index is 0.0146. The normalized spacial score (nSPS) is 11.8. The van der Waals surface area contributed by atoms with Crippen LogP contribution < -0.4 is 5.32 Å². The SMILES string of the molecule is CCOC(=O)C(C(=O)OCC)C(NC(C)=O)C(=O)OC(C)C. The molecule has 0 radical (unpaired) electrons. The summed E-state index contributed by atoms with van der Waals surface area (Å²) >= 11 is 0. The minimum atomic E-state index is -1.62. The number of ether oxygens (including phenoxy) is 3. The van der Waals surface area contributed by atoms with Gasteiger partial charge in [0.25, 0.3) is 0 Å². The van der Waals surface area contributed by atoms with Gasteiger partial charge in [-0.15, -0.1) is 0 Å². The van der Waals surface area contributed by atoms with E-state index in [1.807, 2.05) is 0 Å². The zero-order valence-electron chi connectivity index (χ0n) is 13.5. The molecule has 1 atom stereocenters. The molecule has 0 saturated heterocycles. The third kappa shape index (κ3) is 6.55. The van der Waals surface area contributed by atoms with E-state index in [4.69, 9.17) is 14.2 Å². The van der Waals surface area contributed by atoms with Crippen molar-refractivity contribution in [2.45, 2.75) is 46.8 Å². The molecule has 0 aliphatic heterocycles. The number of carbonyl (C=O) groups excluding carboxylic acids is 4. The average molecular weight is 317 g/mol. The maximum absolute atomic E-state index is 12.1. The van der Waals surface area contributed by atoms with E-state index < -0.39 is 41.9 Å². The number of rotatable bonds is 8. The monoisotopic (exact) mass is 317 g/mol. The lowest BCUT2D eigenvalue weighted by molar-refractivity contribution is -0.170. The Morgan fingerprint density at radius 1 is 0.909 bits per heavy atom. The van der Waals surface area contributed by atoms with Crippen LogP contribution in [0.2, 0.25) is 0 Å². The molecule has 0 saturated carbocycles. The Bertz CT molecular complexity index is 401. The Hall–Kier alpha value is -2.12. The lowest BCUT2D eigenvalue weighted by Crippen LogP contribution is -2.52. The third-order valence-corrected chi connectivity index (χ3v) is 2.38. The highest BCUT2D eigenvalue weighted by Crippen LogP contribution is 2.13. The Labute approximate surface area is 129 Å². The van der Waals surface area contributed by atoms with Crippen LogP contribution in [0.15, 0.2) is 0 Å². The molecule has 0 aromatic carbocycles. The van der Waals surface area contributed by atoms with Gasteiger partial charge in [0.05, 0.1) is 19.3 Å². The molecule has 0 aliphatic rings. The molecule has 8 heteroatoms. The number of carbonyl (C=O) groups is 4. The van der Waals surface area contributed by atoms with Gasteiger partial charge in [-0.1, -0.05) is 0 Å². The van der Waals surface area contributed by atoms with Gasteiger partial charge in [0.1, 0.15) is 0 Å². The van der Waals surface area contributed by atoms with Gasteiger partial charge >= 0.3 is 17.9 Å². The molecule has 0 bridgehead atoms. The first kappa shape index (κ1) is 19.9. The summed E-state index contributed by atoms with van der Waals surface area (Å²) in [7, 11) is 0. The predicted octanol–water partition coefficient (Wildman–Crippen LogP) is 0.185. The molecule has 0 aromatic heterocycles. The molecule has 1 amide bonds. The summed E-state index contributed by atoms with van der Waals surface area (Å²) in [6, 6.07) is -1.50. The van der Waals surface area contributed by atoms with Crippen molar-refractivity contribution in [3.05, 3.63) is 0 Å². The Balaban J connectivity index is 5.50. The van der Waals surface area contributed by atoms with Gasteiger partial charge in [-0.25, -0.2) is 4.79 Å². The van der Waals surface area contributed by atoms with Crippen LogP contribution in [0, 0.1) is 5.92 Å². The fourth-order valence-electron chi connectivity index (χ4n) is 1.64. The first-order valence-corrected chi connectivity index (χ1v) is 7.05. The molecule has 0 heterocycles. The minimum Gasteiger partial charge on any atom is -0.465 e. The highest BCUT2D eigenvalue weighted by molar-refractivity contribution is 6.01. The summed E-state index contributed by atoms with van der Waals surface area (Å²) in [4.78, 5) is 47.4. The molecule has 0 fully saturated rings. The first-order valence-electron chi connectivity index (χ1n) is 7.05. The van der Waals surface area contributed by atoms with Crippen LogP contribution in [-0.2, 0) is 33.4 Å². The number of hydrogen-bond donors (Lipinski definition) is 1. The summed E-state index contributed by atoms with van der Waals surface area (Å²) in [6.45, 7) is 7.50. The van der Waals surface area contributed by atoms with E-state index >= 15 is 0 Å². The van der Waals surface area contributed by atoms with Crippen molar-refractivity contribution in [1.29, 1.82) is 0 Å². The molecule has 0 spiro atoms. The third-order valence-electron chi connectivity index (χ3n) is 2.38. The molecule has 1 N–H and O–H groups in total. The Kier molecular flexibility index (Phi) is 8.81. The lowest BCUT2D eigenvalue weighted by Gasteiger charge is -2.24. The molecule has 0 rings (SSSR count). The second-order valence-corrected chi connectivity index (χ2v) is 4.65. The zero-order chi connectivity index (χ0) is 17.3. The van der Waals surface area contributed by atoms with Gasteiger partial charge in [-0.3, -0.25) is 14.4 Å². The van der Waals surface area contributed by atoms with Crippen LogP contribution in [0.3, 0.4) is 0 Å². The van der Waals surface area contributed by atoms with Crippen molar-refractivity contribution < 1.29 is 33.4 Å². The smallest absolute Gasteiger partial charge is 0.330 e. The van der Waals surface area contributed by atoms with E-state index in [0.29, 0.717) is 0 Å². The van der Waals surface area contributed by atoms with E-state index in [2.05, 4.69) is 5.32 Å². The lowest BCUT2D eigenvalue weighted by atomic mass is 9.99. The predicted molar refractivity (Wildman–Crippen MR) is 75.6 cm³/mol. The maximum Gasteiger partial charge on any atom is 0.330 e. The van der Waals surface area contributed by atoms with Crippen LogP contribution in [0.1, 0.15) is 34.6 Å². The van der Waals surface area contributed by atoms with E-state index in [1.54, 1.807) is 27.7 Å². The second kappa shape index (κ2) is 9.75. The van der Waals surface area contributed by atoms with Gasteiger partial charge in [0.15, 0.2) is 12.0 Å². The second-order valence-electron chi connectivity index (χ2n) is 4.65. The number of amides is 1. The van der Waals surface area contributed by atoms with Crippen LogP contribution in [-0.4, -0.2) is 49.2 Å². The summed E-state index contributed by atoms with van der Waals surface area (Å²) in [5, 5.41) is 2.25. The summed E-state index contributed by atoms with van der Waals surface area (Å²) in [5.74, 6) is -5.03. The average Bonchev–Trinajstić information content (AvgIpc) is 2.37. The molecule has 8 nitrogen and oxygen atoms in total. The summed E-state index contributed by atoms with van der Waals surface area (Å²) < 4.78 is 14.6. The molecule has 0 aromatic rings. The molecular weight excluding hydrogens is 294 g/mol. The molecular formula is C14H23NO7. The zero-order valence-corrected chi connectivity index (χ0v) is 13.5. The number of nitrogens with one attached hydrogen (secondary N) is 1. The van der Waals surface area contributed by atoms with Gasteiger partial charge in [-0.05, 0) is 27.7 Å². The Morgan fingerprint density at radius 2 is 1.36 bits per heavy atom. The van der Waals surface area contributed by atoms with Crippen molar-refractivity contribution >= 4 is 23.8 Å². The van der Waals surface area contributed by atoms with Crippen LogP contribution in [0.25, 0.3) is 0 Å². The quantitative estimate of drug-likeness (QED) is 0.386. The van der Waals surface area contributed by atoms with E-state index in [9.17, 15) is 19.2 Å². The van der Waals surface area contributed by atoms with Crippen molar-refractivity contribution in [1.82, 2.24) is 5.32 Å². The van der Waals surface area contributed by atoms with Gasteiger partial charge in [0.2, 0.25) is 5.91 Å². The van der Waals surface area contributed by atoms with Crippen molar-refractivity contribution in [2.75, 3.05) is 13.2 Å². The first-order chi connectivity index (χ1) is 10.2. The highest BCUT2D eigenvalue weighted by Gasteiger charge is 2.43. The Morgan fingerprint density at radius 3 is 1.68 bits per heavy atom. The summed E-state index contributed by atoms with van der Waals surface area (Å²) in [5.41, 5.74) is 0. The molecule has 126 valence electrons. The largest absolute Gasteiger partial charge is 0.465 e. The molecule has 1 unspecified atom stereocenters. The van der Waals surface area contributed by atoms with Crippen LogP contribution >= 0.6 is 0 Å². The van der Waals surface area contributed by atoms with Gasteiger partial charge < -0.3 is 19.5 Å². The van der Waals surface area contributed by atoms with Crippen LogP contribution in [0.5, 0.6) is 0 Å². The van der Waals surface area contributed by atoms with Crippen molar-refractivity contribution in [2.24, 2.45) is 5.92 Å². The van der Waals surface area contributed by atoms with Gasteiger partial charge in [-0.2, -0.15) is 0 Å². The fraction of sp³-hybridized carbons (Fsp3) is 0.714. The van der Waals surface area contributed by atoms with Crippen molar-refractivity contribution in [3.8, 4) is 0 Å². The highest BCUT2D eigenvalue weighted by atomic mass is 16.6. The van der Waals surface area contributed by atoms with Crippen molar-refractivity contribution in [3.63, 3.8) is 0 Å². The number of hydrogen-bond acceptors (Lipinski definition) is 7. The van der Waals surface area contributed by atoms with E-state index in [1.165, 1.54) is 0 Å². The number of esters is 3. The molecule has 0 aliphatic carbocycles. The van der Waals surface area contributed by atoms with E-state index in [-0.39, 0.29) is 13.2 Å². The topological polar surface area (TPSA) is 108 Å². The summed E-state index contributed by atoms with van der Waals surface area (Å²) in [6.07, 6.45) is -0.478. The van der Waals surface area contributed by atoms with Crippen LogP contribution in [0.4, 0.5) is 0 Å². The van der Waals surface area contributed by atoms with Gasteiger partial charge in [0, 0.05) is 6.92 Å². The maximum atomic E-state index is 12.1. The molecule has 22 heavy (non-hydrogen) atoms. The standard InChI is InChI=1S/C14H23NO7/c1-6-20-12(17)10(13(18)21-7-2)11(15-9(5)16)14(19)22-8(3)4/h8,10-11H,6-7H2,1-5H3,(H,15,16). The fourth-order valence-corrected chi connectivity index (χ4v) is 1.64.